The molecule has 0 amide bonds. The number of unbranched alkanes of at least 4 members (excludes halogenated alkanes) is 1. The van der Waals surface area contributed by atoms with Crippen LogP contribution < -0.4 is 0 Å². The van der Waals surface area contributed by atoms with Gasteiger partial charge in [-0.15, -0.1) is 0 Å². The van der Waals surface area contributed by atoms with Crippen molar-refractivity contribution in [2.24, 2.45) is 5.92 Å². The number of hydrogen-bond donors (Lipinski definition) is 1. The molecule has 0 spiro atoms. The van der Waals surface area contributed by atoms with E-state index in [0.717, 1.165) is 0 Å². The molecular weight excluding hydrogens is 224 g/mol. The molecule has 0 fully saturated rings. The molecule has 0 aliphatic carbocycles. The summed E-state index contributed by atoms with van der Waals surface area (Å²) in [5.74, 6) is -1.37. The van der Waals surface area contributed by atoms with Gasteiger partial charge >= 0.3 is 5.97 Å². The van der Waals surface area contributed by atoms with E-state index in [0.29, 0.717) is 5.57 Å². The zero-order chi connectivity index (χ0) is 14.7. The van der Waals surface area contributed by atoms with Crippen LogP contribution in [0.25, 0.3) is 0 Å². The summed E-state index contributed by atoms with van der Waals surface area (Å²) in [7, 11) is 0. The highest BCUT2D eigenvalue weighted by Gasteiger charge is 2.10. The van der Waals surface area contributed by atoms with Crippen molar-refractivity contribution in [1.29, 1.82) is 0 Å². The van der Waals surface area contributed by atoms with Crippen molar-refractivity contribution >= 4 is 5.97 Å². The first kappa shape index (κ1) is 19.0. The van der Waals surface area contributed by atoms with Gasteiger partial charge in [-0.3, -0.25) is 4.79 Å². The molecule has 0 saturated heterocycles. The maximum Gasteiger partial charge on any atom is 0.310 e. The van der Waals surface area contributed by atoms with Crippen LogP contribution in [0.1, 0.15) is 53.9 Å². The molecule has 0 radical (unpaired) electrons. The zero-order valence-electron chi connectivity index (χ0n) is 12.5. The monoisotopic (exact) mass is 252 g/mol. The van der Waals surface area contributed by atoms with Crippen LogP contribution in [0.4, 0.5) is 0 Å². The third kappa shape index (κ3) is 9.88. The van der Waals surface area contributed by atoms with Crippen LogP contribution in [-0.4, -0.2) is 11.1 Å². The van der Waals surface area contributed by atoms with E-state index in [1.807, 2.05) is 0 Å². The lowest BCUT2D eigenvalue weighted by Crippen LogP contribution is -2.09. The lowest BCUT2D eigenvalue weighted by atomic mass is 10.0. The topological polar surface area (TPSA) is 37.3 Å². The van der Waals surface area contributed by atoms with Crippen molar-refractivity contribution in [3.8, 4) is 0 Å². The summed E-state index contributed by atoms with van der Waals surface area (Å²) in [6, 6.07) is 0. The van der Waals surface area contributed by atoms with E-state index in [4.69, 9.17) is 5.11 Å². The first-order valence-corrected chi connectivity index (χ1v) is 6.44. The maximum absolute atomic E-state index is 10.2. The molecule has 1 atom stereocenters. The Kier molecular flexibility index (Phi) is 11.4. The largest absolute Gasteiger partial charge is 0.481 e. The molecule has 0 aromatic carbocycles. The van der Waals surface area contributed by atoms with Gasteiger partial charge in [0.1, 0.15) is 0 Å². The minimum Gasteiger partial charge on any atom is -0.481 e. The Morgan fingerprint density at radius 1 is 1.33 bits per heavy atom. The van der Waals surface area contributed by atoms with Gasteiger partial charge in [-0.05, 0) is 46.1 Å². The van der Waals surface area contributed by atoms with Crippen molar-refractivity contribution in [3.63, 3.8) is 0 Å². The summed E-state index contributed by atoms with van der Waals surface area (Å²) in [6.07, 6.45) is 5.40. The van der Waals surface area contributed by atoms with Gasteiger partial charge in [0.05, 0.1) is 5.92 Å². The standard InChI is InChI=1S/C9H18.C7H10O2/c1-5-6-7-9(4)8(2)3;1-4-5(2)6(3)7(8)9/h5-7H2,1-4H3;4,6H,1-2H2,3H3,(H,8,9). The Balaban J connectivity index is 0. The third-order valence-corrected chi connectivity index (χ3v) is 2.95. The highest BCUT2D eigenvalue weighted by molar-refractivity contribution is 5.73. The van der Waals surface area contributed by atoms with Crippen LogP contribution in [0.5, 0.6) is 0 Å². The van der Waals surface area contributed by atoms with Gasteiger partial charge in [-0.2, -0.15) is 0 Å². The minimum absolute atomic E-state index is 0.512. The van der Waals surface area contributed by atoms with Gasteiger partial charge < -0.3 is 5.11 Å². The van der Waals surface area contributed by atoms with Crippen LogP contribution in [-0.2, 0) is 4.79 Å². The first-order valence-electron chi connectivity index (χ1n) is 6.44. The Bertz CT molecular complexity index is 307. The van der Waals surface area contributed by atoms with E-state index < -0.39 is 11.9 Å². The Morgan fingerprint density at radius 3 is 2.06 bits per heavy atom. The van der Waals surface area contributed by atoms with Gasteiger partial charge in [-0.1, -0.05) is 43.7 Å². The van der Waals surface area contributed by atoms with Crippen LogP contribution >= 0.6 is 0 Å². The average Bonchev–Trinajstić information content (AvgIpc) is 2.34. The van der Waals surface area contributed by atoms with Gasteiger partial charge in [0.25, 0.3) is 0 Å². The van der Waals surface area contributed by atoms with E-state index in [9.17, 15) is 4.79 Å². The Labute approximate surface area is 112 Å². The molecule has 18 heavy (non-hydrogen) atoms. The number of carbonyl (C=O) groups is 1. The summed E-state index contributed by atoms with van der Waals surface area (Å²) in [5.41, 5.74) is 3.60. The van der Waals surface area contributed by atoms with Crippen LogP contribution in [0.3, 0.4) is 0 Å². The number of hydrogen-bond acceptors (Lipinski definition) is 1. The van der Waals surface area contributed by atoms with Gasteiger partial charge in [0.15, 0.2) is 0 Å². The second-order valence-corrected chi connectivity index (χ2v) is 4.72. The molecule has 0 aliphatic rings. The second kappa shape index (κ2) is 10.8. The average molecular weight is 252 g/mol. The number of allylic oxidation sites excluding steroid dienone is 3. The molecule has 0 aliphatic heterocycles. The quantitative estimate of drug-likeness (QED) is 0.534. The lowest BCUT2D eigenvalue weighted by Gasteiger charge is -2.02. The summed E-state index contributed by atoms with van der Waals surface area (Å²) < 4.78 is 0. The molecule has 0 aromatic rings. The molecule has 1 N–H and O–H groups in total. The van der Waals surface area contributed by atoms with E-state index in [2.05, 4.69) is 40.9 Å². The molecular formula is C16H28O2. The fourth-order valence-electron chi connectivity index (χ4n) is 1.03. The summed E-state index contributed by atoms with van der Waals surface area (Å²) in [5, 5.41) is 8.37. The molecule has 0 rings (SSSR count). The molecule has 1 unspecified atom stereocenters. The Morgan fingerprint density at radius 2 is 1.83 bits per heavy atom. The number of carboxylic acids is 1. The second-order valence-electron chi connectivity index (χ2n) is 4.72. The normalized spacial score (nSPS) is 10.7. The van der Waals surface area contributed by atoms with Crippen LogP contribution in [0.15, 0.2) is 36.0 Å². The predicted molar refractivity (Wildman–Crippen MR) is 79.7 cm³/mol. The highest BCUT2D eigenvalue weighted by atomic mass is 16.4. The summed E-state index contributed by atoms with van der Waals surface area (Å²) >= 11 is 0. The summed E-state index contributed by atoms with van der Waals surface area (Å²) in [4.78, 5) is 10.2. The fraction of sp³-hybridized carbons (Fsp3) is 0.562. The van der Waals surface area contributed by atoms with Crippen molar-refractivity contribution in [3.05, 3.63) is 36.0 Å². The number of aliphatic carboxylic acids is 1. The lowest BCUT2D eigenvalue weighted by molar-refractivity contribution is -0.139. The van der Waals surface area contributed by atoms with Gasteiger partial charge in [-0.25, -0.2) is 0 Å². The molecule has 2 nitrogen and oxygen atoms in total. The molecule has 0 heterocycles. The minimum atomic E-state index is -0.861. The van der Waals surface area contributed by atoms with E-state index in [1.165, 1.54) is 30.9 Å². The smallest absolute Gasteiger partial charge is 0.310 e. The van der Waals surface area contributed by atoms with Gasteiger partial charge in [0, 0.05) is 0 Å². The van der Waals surface area contributed by atoms with Crippen LogP contribution in [0, 0.1) is 5.92 Å². The molecule has 0 saturated carbocycles. The number of carboxylic acid groups (broad SMARTS) is 1. The van der Waals surface area contributed by atoms with E-state index in [1.54, 1.807) is 12.5 Å². The molecule has 2 heteroatoms. The van der Waals surface area contributed by atoms with Crippen molar-refractivity contribution < 1.29 is 9.90 Å². The van der Waals surface area contributed by atoms with Crippen LogP contribution in [0.2, 0.25) is 0 Å². The van der Waals surface area contributed by atoms with Crippen molar-refractivity contribution in [2.75, 3.05) is 0 Å². The maximum atomic E-state index is 10.2. The van der Waals surface area contributed by atoms with E-state index >= 15 is 0 Å². The first-order chi connectivity index (χ1) is 8.27. The third-order valence-electron chi connectivity index (χ3n) is 2.95. The summed E-state index contributed by atoms with van der Waals surface area (Å²) in [6.45, 7) is 17.3. The van der Waals surface area contributed by atoms with E-state index in [-0.39, 0.29) is 0 Å². The fourth-order valence-corrected chi connectivity index (χ4v) is 1.03. The SMILES string of the molecule is C=CC(=C)C(C)C(=O)O.CCCCC(C)=C(C)C. The molecule has 104 valence electrons. The predicted octanol–water partition coefficient (Wildman–Crippen LogP) is 4.98. The molecule has 0 aromatic heterocycles. The van der Waals surface area contributed by atoms with Gasteiger partial charge in [0.2, 0.25) is 0 Å². The number of rotatable bonds is 6. The van der Waals surface area contributed by atoms with Crippen molar-refractivity contribution in [1.82, 2.24) is 0 Å². The molecule has 0 bridgehead atoms. The Hall–Kier alpha value is -1.31. The van der Waals surface area contributed by atoms with Crippen molar-refractivity contribution in [2.45, 2.75) is 53.9 Å². The highest BCUT2D eigenvalue weighted by Crippen LogP contribution is 2.10. The zero-order valence-corrected chi connectivity index (χ0v) is 12.5.